The van der Waals surface area contributed by atoms with Gasteiger partial charge in [-0.3, -0.25) is 4.90 Å². The van der Waals surface area contributed by atoms with Crippen LogP contribution in [0.5, 0.6) is 0 Å². The molecular formula is C13H21FN4. The predicted molar refractivity (Wildman–Crippen MR) is 73.2 cm³/mol. The second-order valence-electron chi connectivity index (χ2n) is 5.02. The lowest BCUT2D eigenvalue weighted by Crippen LogP contribution is -2.52. The maximum absolute atomic E-state index is 13.6. The number of nitrogens with zero attached hydrogens (tertiary/aromatic N) is 2. The molecule has 2 rings (SSSR count). The van der Waals surface area contributed by atoms with Crippen LogP contribution in [0.2, 0.25) is 0 Å². The first-order valence-electron chi connectivity index (χ1n) is 6.24. The summed E-state index contributed by atoms with van der Waals surface area (Å²) in [5, 5.41) is 3.16. The third-order valence-electron chi connectivity index (χ3n) is 3.50. The average molecular weight is 252 g/mol. The predicted octanol–water partition coefficient (Wildman–Crippen LogP) is 1.07. The van der Waals surface area contributed by atoms with Gasteiger partial charge in [0.15, 0.2) is 0 Å². The SMILES string of the molecule is CN1CCN(C)C(CNc2ccc(N)cc2F)C1. The van der Waals surface area contributed by atoms with Crippen molar-refractivity contribution in [3.63, 3.8) is 0 Å². The molecule has 1 aromatic rings. The molecule has 1 saturated heterocycles. The Balaban J connectivity index is 1.94. The van der Waals surface area contributed by atoms with Crippen LogP contribution >= 0.6 is 0 Å². The quantitative estimate of drug-likeness (QED) is 0.790. The van der Waals surface area contributed by atoms with Crippen molar-refractivity contribution in [3.8, 4) is 0 Å². The van der Waals surface area contributed by atoms with Crippen molar-refractivity contribution >= 4 is 11.4 Å². The summed E-state index contributed by atoms with van der Waals surface area (Å²) < 4.78 is 13.6. The Bertz CT molecular complexity index is 410. The van der Waals surface area contributed by atoms with Gasteiger partial charge in [0.2, 0.25) is 0 Å². The lowest BCUT2D eigenvalue weighted by atomic mass is 10.2. The first-order valence-corrected chi connectivity index (χ1v) is 6.24. The van der Waals surface area contributed by atoms with E-state index >= 15 is 0 Å². The van der Waals surface area contributed by atoms with Gasteiger partial charge in [-0.25, -0.2) is 4.39 Å². The molecule has 1 aliphatic rings. The van der Waals surface area contributed by atoms with E-state index in [0.717, 1.165) is 26.2 Å². The lowest BCUT2D eigenvalue weighted by molar-refractivity contribution is 0.122. The monoisotopic (exact) mass is 252 g/mol. The molecule has 1 unspecified atom stereocenters. The molecule has 5 heteroatoms. The van der Waals surface area contributed by atoms with Crippen molar-refractivity contribution in [2.75, 3.05) is 51.3 Å². The maximum Gasteiger partial charge on any atom is 0.148 e. The van der Waals surface area contributed by atoms with E-state index in [9.17, 15) is 4.39 Å². The van der Waals surface area contributed by atoms with Gasteiger partial charge < -0.3 is 16.0 Å². The third kappa shape index (κ3) is 3.11. The minimum absolute atomic E-state index is 0.290. The Morgan fingerprint density at radius 2 is 2.17 bits per heavy atom. The van der Waals surface area contributed by atoms with E-state index in [1.54, 1.807) is 12.1 Å². The van der Waals surface area contributed by atoms with Gasteiger partial charge >= 0.3 is 0 Å². The van der Waals surface area contributed by atoms with Gasteiger partial charge in [-0.15, -0.1) is 0 Å². The summed E-state index contributed by atoms with van der Waals surface area (Å²) in [5.74, 6) is -0.290. The van der Waals surface area contributed by atoms with Crippen molar-refractivity contribution < 1.29 is 4.39 Å². The van der Waals surface area contributed by atoms with E-state index in [2.05, 4.69) is 29.2 Å². The Kier molecular flexibility index (Phi) is 4.04. The number of halogens is 1. The van der Waals surface area contributed by atoms with Crippen molar-refractivity contribution in [2.45, 2.75) is 6.04 Å². The van der Waals surface area contributed by atoms with Crippen molar-refractivity contribution in [1.29, 1.82) is 0 Å². The van der Waals surface area contributed by atoms with Gasteiger partial charge in [0.1, 0.15) is 5.82 Å². The largest absolute Gasteiger partial charge is 0.399 e. The first kappa shape index (κ1) is 13.1. The minimum atomic E-state index is -0.290. The number of hydrogen-bond donors (Lipinski definition) is 2. The van der Waals surface area contributed by atoms with Crippen LogP contribution in [-0.4, -0.2) is 56.1 Å². The van der Waals surface area contributed by atoms with Crippen molar-refractivity contribution in [2.24, 2.45) is 0 Å². The molecule has 3 N–H and O–H groups in total. The summed E-state index contributed by atoms with van der Waals surface area (Å²) in [6.45, 7) is 3.87. The fraction of sp³-hybridized carbons (Fsp3) is 0.538. The molecule has 18 heavy (non-hydrogen) atoms. The molecule has 1 atom stereocenters. The summed E-state index contributed by atoms with van der Waals surface area (Å²) in [6.07, 6.45) is 0. The summed E-state index contributed by atoms with van der Waals surface area (Å²) in [5.41, 5.74) is 6.49. The normalized spacial score (nSPS) is 22.1. The van der Waals surface area contributed by atoms with E-state index < -0.39 is 0 Å². The van der Waals surface area contributed by atoms with Crippen LogP contribution in [-0.2, 0) is 0 Å². The molecule has 4 nitrogen and oxygen atoms in total. The van der Waals surface area contributed by atoms with Crippen LogP contribution in [0.1, 0.15) is 0 Å². The van der Waals surface area contributed by atoms with Crippen molar-refractivity contribution in [1.82, 2.24) is 9.80 Å². The van der Waals surface area contributed by atoms with E-state index in [1.165, 1.54) is 6.07 Å². The zero-order valence-corrected chi connectivity index (χ0v) is 11.0. The zero-order chi connectivity index (χ0) is 13.1. The van der Waals surface area contributed by atoms with E-state index in [0.29, 0.717) is 17.4 Å². The second-order valence-corrected chi connectivity index (χ2v) is 5.02. The molecular weight excluding hydrogens is 231 g/mol. The van der Waals surface area contributed by atoms with Crippen LogP contribution in [0.25, 0.3) is 0 Å². The number of rotatable bonds is 3. The highest BCUT2D eigenvalue weighted by atomic mass is 19.1. The highest BCUT2D eigenvalue weighted by Crippen LogP contribution is 2.17. The smallest absolute Gasteiger partial charge is 0.148 e. The topological polar surface area (TPSA) is 44.5 Å². The van der Waals surface area contributed by atoms with E-state index in [4.69, 9.17) is 5.73 Å². The highest BCUT2D eigenvalue weighted by molar-refractivity contribution is 5.52. The van der Waals surface area contributed by atoms with Crippen LogP contribution < -0.4 is 11.1 Å². The number of anilines is 2. The Labute approximate surface area is 108 Å². The molecule has 0 aliphatic carbocycles. The Hall–Kier alpha value is -1.33. The number of nitrogens with two attached hydrogens (primary N) is 1. The molecule has 1 heterocycles. The molecule has 1 fully saturated rings. The number of benzene rings is 1. The Morgan fingerprint density at radius 1 is 1.39 bits per heavy atom. The van der Waals surface area contributed by atoms with Crippen molar-refractivity contribution in [3.05, 3.63) is 24.0 Å². The molecule has 0 radical (unpaired) electrons. The van der Waals surface area contributed by atoms with Gasteiger partial charge in [-0.05, 0) is 32.3 Å². The minimum Gasteiger partial charge on any atom is -0.399 e. The fourth-order valence-corrected chi connectivity index (χ4v) is 2.22. The fourth-order valence-electron chi connectivity index (χ4n) is 2.22. The van der Waals surface area contributed by atoms with Gasteiger partial charge in [0.25, 0.3) is 0 Å². The number of likely N-dealkylation sites (N-methyl/N-ethyl adjacent to an activating group) is 2. The molecule has 0 bridgehead atoms. The van der Waals surface area contributed by atoms with E-state index in [1.807, 2.05) is 0 Å². The summed E-state index contributed by atoms with van der Waals surface area (Å²) >= 11 is 0. The molecule has 100 valence electrons. The third-order valence-corrected chi connectivity index (χ3v) is 3.50. The first-order chi connectivity index (χ1) is 8.56. The van der Waals surface area contributed by atoms with Gasteiger partial charge in [-0.1, -0.05) is 0 Å². The molecule has 0 saturated carbocycles. The van der Waals surface area contributed by atoms with Crippen LogP contribution in [0, 0.1) is 5.82 Å². The molecule has 0 amide bonds. The molecule has 1 aromatic carbocycles. The summed E-state index contributed by atoms with van der Waals surface area (Å²) in [6, 6.07) is 5.15. The molecule has 1 aliphatic heterocycles. The summed E-state index contributed by atoms with van der Waals surface area (Å²) in [7, 11) is 4.22. The highest BCUT2D eigenvalue weighted by Gasteiger charge is 2.21. The van der Waals surface area contributed by atoms with E-state index in [-0.39, 0.29) is 5.82 Å². The standard InChI is InChI=1S/C13H21FN4/c1-17-5-6-18(2)11(9-17)8-16-13-4-3-10(15)7-12(13)14/h3-4,7,11,16H,5-6,8-9,15H2,1-2H3. The van der Waals surface area contributed by atoms with Crippen LogP contribution in [0.4, 0.5) is 15.8 Å². The summed E-state index contributed by atoms with van der Waals surface area (Å²) in [4.78, 5) is 4.61. The maximum atomic E-state index is 13.6. The number of nitrogen functional groups attached to an aromatic ring is 1. The van der Waals surface area contributed by atoms with Gasteiger partial charge in [-0.2, -0.15) is 0 Å². The lowest BCUT2D eigenvalue weighted by Gasteiger charge is -2.37. The van der Waals surface area contributed by atoms with Gasteiger partial charge in [0, 0.05) is 37.9 Å². The number of piperazine rings is 1. The van der Waals surface area contributed by atoms with Crippen LogP contribution in [0.3, 0.4) is 0 Å². The average Bonchev–Trinajstić information content (AvgIpc) is 2.32. The molecule has 0 aromatic heterocycles. The zero-order valence-electron chi connectivity index (χ0n) is 11.0. The number of hydrogen-bond acceptors (Lipinski definition) is 4. The van der Waals surface area contributed by atoms with Crippen LogP contribution in [0.15, 0.2) is 18.2 Å². The van der Waals surface area contributed by atoms with Gasteiger partial charge in [0.05, 0.1) is 5.69 Å². The number of nitrogens with one attached hydrogen (secondary N) is 1. The Morgan fingerprint density at radius 3 is 2.89 bits per heavy atom. The molecule has 0 spiro atoms. The second kappa shape index (κ2) is 5.54.